The summed E-state index contributed by atoms with van der Waals surface area (Å²) in [4.78, 5) is 10.4. The van der Waals surface area contributed by atoms with Crippen molar-refractivity contribution in [1.29, 1.82) is 0 Å². The molecule has 2 aromatic heterocycles. The van der Waals surface area contributed by atoms with Crippen molar-refractivity contribution < 1.29 is 20.1 Å². The smallest absolute Gasteiger partial charge is 0.181 e. The Balaban J connectivity index is 0.000000431. The number of fused-ring (bicyclic) bond motifs is 1. The van der Waals surface area contributed by atoms with Crippen LogP contribution in [0.2, 0.25) is 0 Å². The Morgan fingerprint density at radius 1 is 1.35 bits per heavy atom. The van der Waals surface area contributed by atoms with E-state index in [-0.39, 0.29) is 18.8 Å². The number of ether oxygens (including phenoxy) is 1. The predicted octanol–water partition coefficient (Wildman–Crippen LogP) is 0.870. The number of aliphatic imine (C=N–C) groups is 1. The molecule has 0 saturated carbocycles. The third-order valence-corrected chi connectivity index (χ3v) is 3.51. The van der Waals surface area contributed by atoms with Crippen LogP contribution >= 0.6 is 0 Å². The molecule has 0 radical (unpaired) electrons. The van der Waals surface area contributed by atoms with E-state index in [0.717, 1.165) is 24.1 Å². The van der Waals surface area contributed by atoms with Gasteiger partial charge in [0.05, 0.1) is 24.7 Å². The van der Waals surface area contributed by atoms with Crippen LogP contribution < -0.4 is 0 Å². The fourth-order valence-electron chi connectivity index (χ4n) is 2.51. The van der Waals surface area contributed by atoms with E-state index in [1.807, 2.05) is 35.6 Å². The zero-order valence-corrected chi connectivity index (χ0v) is 15.6. The molecule has 1 saturated heterocycles. The average molecular weight is 365 g/mol. The van der Waals surface area contributed by atoms with Gasteiger partial charge in [-0.2, -0.15) is 5.10 Å². The standard InChI is InChI=1S/C14H19N5O2.C3H8O2/c1-18(2)9-16-14-12-5-4-11(19(12)17-8-15-14)13-6-3-10(7-20)21-13;1-3(2,4)5/h4-5,8-10,13,20H,3,6-7H2,1-2H3;4-5H,1-2H3. The molecule has 1 aliphatic rings. The lowest BCUT2D eigenvalue weighted by molar-refractivity contribution is -0.127. The summed E-state index contributed by atoms with van der Waals surface area (Å²) in [5.74, 6) is -0.873. The number of aliphatic hydroxyl groups excluding tert-OH is 1. The normalized spacial score (nSPS) is 20.4. The molecule has 2 unspecified atom stereocenters. The van der Waals surface area contributed by atoms with Gasteiger partial charge < -0.3 is 25.0 Å². The first kappa shape index (κ1) is 20.2. The summed E-state index contributed by atoms with van der Waals surface area (Å²) in [6, 6.07) is 3.94. The Bertz CT molecular complexity index is 732. The third-order valence-electron chi connectivity index (χ3n) is 3.51. The quantitative estimate of drug-likeness (QED) is 0.418. The Kier molecular flexibility index (Phi) is 6.65. The molecule has 0 amide bonds. The van der Waals surface area contributed by atoms with Crippen molar-refractivity contribution in [1.82, 2.24) is 19.5 Å². The second-order valence-corrected chi connectivity index (χ2v) is 6.85. The highest BCUT2D eigenvalue weighted by molar-refractivity contribution is 5.70. The largest absolute Gasteiger partial charge is 0.394 e. The summed E-state index contributed by atoms with van der Waals surface area (Å²) in [6.45, 7) is 2.66. The molecule has 1 fully saturated rings. The van der Waals surface area contributed by atoms with E-state index in [9.17, 15) is 5.11 Å². The van der Waals surface area contributed by atoms with Gasteiger partial charge in [0, 0.05) is 14.1 Å². The molecule has 9 heteroatoms. The van der Waals surface area contributed by atoms with Crippen LogP contribution in [0, 0.1) is 0 Å². The summed E-state index contributed by atoms with van der Waals surface area (Å²) in [5.41, 5.74) is 1.83. The Morgan fingerprint density at radius 3 is 2.62 bits per heavy atom. The van der Waals surface area contributed by atoms with Gasteiger partial charge in [0.2, 0.25) is 0 Å². The van der Waals surface area contributed by atoms with Crippen LogP contribution in [0.3, 0.4) is 0 Å². The van der Waals surface area contributed by atoms with Crippen molar-refractivity contribution in [3.8, 4) is 0 Å². The Hall–Kier alpha value is -2.07. The first-order chi connectivity index (χ1) is 12.2. The molecule has 3 rings (SSSR count). The lowest BCUT2D eigenvalue weighted by Crippen LogP contribution is -2.15. The molecule has 0 aliphatic carbocycles. The van der Waals surface area contributed by atoms with Gasteiger partial charge in [-0.1, -0.05) is 0 Å². The number of nitrogens with zero attached hydrogens (tertiary/aromatic N) is 5. The van der Waals surface area contributed by atoms with Crippen molar-refractivity contribution in [2.45, 2.75) is 44.7 Å². The van der Waals surface area contributed by atoms with Gasteiger partial charge in [0.25, 0.3) is 0 Å². The van der Waals surface area contributed by atoms with Crippen LogP contribution in [0.4, 0.5) is 5.82 Å². The molecule has 0 bridgehead atoms. The highest BCUT2D eigenvalue weighted by Crippen LogP contribution is 2.34. The molecular weight excluding hydrogens is 338 g/mol. The molecule has 144 valence electrons. The van der Waals surface area contributed by atoms with E-state index in [0.29, 0.717) is 5.82 Å². The van der Waals surface area contributed by atoms with Crippen LogP contribution in [0.5, 0.6) is 0 Å². The number of hydrogen-bond donors (Lipinski definition) is 3. The molecular formula is C17H27N5O4. The molecule has 2 atom stereocenters. The van der Waals surface area contributed by atoms with Gasteiger partial charge in [-0.15, -0.1) is 0 Å². The van der Waals surface area contributed by atoms with Crippen LogP contribution in [-0.4, -0.2) is 73.7 Å². The lowest BCUT2D eigenvalue weighted by Gasteiger charge is -2.12. The highest BCUT2D eigenvalue weighted by Gasteiger charge is 2.28. The van der Waals surface area contributed by atoms with Gasteiger partial charge in [0.1, 0.15) is 17.9 Å². The maximum Gasteiger partial charge on any atom is 0.181 e. The summed E-state index contributed by atoms with van der Waals surface area (Å²) in [7, 11) is 3.82. The van der Waals surface area contributed by atoms with Crippen LogP contribution in [0.25, 0.3) is 5.52 Å². The lowest BCUT2D eigenvalue weighted by atomic mass is 10.1. The number of aliphatic hydroxyl groups is 3. The minimum atomic E-state index is -1.50. The fraction of sp³-hybridized carbons (Fsp3) is 0.588. The van der Waals surface area contributed by atoms with E-state index >= 15 is 0 Å². The van der Waals surface area contributed by atoms with Crippen LogP contribution in [-0.2, 0) is 4.74 Å². The molecule has 1 aliphatic heterocycles. The van der Waals surface area contributed by atoms with Gasteiger partial charge in [-0.05, 0) is 38.8 Å². The second-order valence-electron chi connectivity index (χ2n) is 6.85. The molecule has 2 aromatic rings. The molecule has 26 heavy (non-hydrogen) atoms. The third kappa shape index (κ3) is 5.73. The monoisotopic (exact) mass is 365 g/mol. The van der Waals surface area contributed by atoms with Gasteiger partial charge in [-0.25, -0.2) is 14.5 Å². The summed E-state index contributed by atoms with van der Waals surface area (Å²) in [5, 5.41) is 29.6. The highest BCUT2D eigenvalue weighted by atomic mass is 16.5. The molecule has 0 aromatic carbocycles. The average Bonchev–Trinajstić information content (AvgIpc) is 3.17. The predicted molar refractivity (Wildman–Crippen MR) is 97.3 cm³/mol. The molecule has 0 spiro atoms. The van der Waals surface area contributed by atoms with Gasteiger partial charge in [-0.3, -0.25) is 0 Å². The van der Waals surface area contributed by atoms with Crippen LogP contribution in [0.1, 0.15) is 38.5 Å². The van der Waals surface area contributed by atoms with Gasteiger partial charge >= 0.3 is 0 Å². The summed E-state index contributed by atoms with van der Waals surface area (Å²) in [6.07, 6.45) is 4.85. The Morgan fingerprint density at radius 2 is 2.04 bits per heavy atom. The number of aromatic nitrogens is 3. The van der Waals surface area contributed by atoms with E-state index in [1.165, 1.54) is 20.2 Å². The van der Waals surface area contributed by atoms with Gasteiger partial charge in [0.15, 0.2) is 11.6 Å². The zero-order valence-electron chi connectivity index (χ0n) is 15.6. The SMILES string of the molecule is CC(C)(O)O.CN(C)C=Nc1ncnn2c(C3CCC(CO)O3)ccc12. The Labute approximate surface area is 152 Å². The maximum atomic E-state index is 9.18. The molecule has 3 heterocycles. The minimum Gasteiger partial charge on any atom is -0.394 e. The number of hydrogen-bond acceptors (Lipinski definition) is 7. The summed E-state index contributed by atoms with van der Waals surface area (Å²) < 4.78 is 7.64. The second kappa shape index (κ2) is 8.54. The number of rotatable bonds is 4. The van der Waals surface area contributed by atoms with E-state index < -0.39 is 5.79 Å². The van der Waals surface area contributed by atoms with Crippen molar-refractivity contribution in [3.63, 3.8) is 0 Å². The van der Waals surface area contributed by atoms with E-state index in [4.69, 9.17) is 14.9 Å². The van der Waals surface area contributed by atoms with Crippen molar-refractivity contribution in [2.24, 2.45) is 4.99 Å². The molecule has 9 nitrogen and oxygen atoms in total. The molecule has 3 N–H and O–H groups in total. The van der Waals surface area contributed by atoms with E-state index in [1.54, 1.807) is 6.34 Å². The van der Waals surface area contributed by atoms with Crippen molar-refractivity contribution in [3.05, 3.63) is 24.2 Å². The van der Waals surface area contributed by atoms with Crippen LogP contribution in [0.15, 0.2) is 23.5 Å². The first-order valence-corrected chi connectivity index (χ1v) is 8.43. The topological polar surface area (TPSA) is 116 Å². The van der Waals surface area contributed by atoms with Crippen molar-refractivity contribution in [2.75, 3.05) is 20.7 Å². The summed E-state index contributed by atoms with van der Waals surface area (Å²) >= 11 is 0. The zero-order chi connectivity index (χ0) is 19.3. The minimum absolute atomic E-state index is 0.0368. The maximum absolute atomic E-state index is 9.18. The van der Waals surface area contributed by atoms with Crippen molar-refractivity contribution >= 4 is 17.7 Å². The van der Waals surface area contributed by atoms with E-state index in [2.05, 4.69) is 15.1 Å². The fourth-order valence-corrected chi connectivity index (χ4v) is 2.51. The first-order valence-electron chi connectivity index (χ1n) is 8.43.